The van der Waals surface area contributed by atoms with Gasteiger partial charge in [0.15, 0.2) is 0 Å². The highest BCUT2D eigenvalue weighted by Crippen LogP contribution is 2.04. The number of rotatable bonds is 7. The summed E-state index contributed by atoms with van der Waals surface area (Å²) in [7, 11) is 0. The summed E-state index contributed by atoms with van der Waals surface area (Å²) in [5.41, 5.74) is 0. The molecule has 0 amide bonds. The SMILES string of the molecule is CCC(=O)CCCN1CCN(CCO)CC1. The first kappa shape index (κ1) is 13.6. The van der Waals surface area contributed by atoms with Gasteiger partial charge in [0.25, 0.3) is 0 Å². The third-order valence-corrected chi connectivity index (χ3v) is 3.21. The molecule has 0 bridgehead atoms. The summed E-state index contributed by atoms with van der Waals surface area (Å²) in [4.78, 5) is 15.8. The molecule has 4 heteroatoms. The van der Waals surface area contributed by atoms with Gasteiger partial charge < -0.3 is 10.0 Å². The molecule has 1 saturated heterocycles. The third-order valence-electron chi connectivity index (χ3n) is 3.21. The van der Waals surface area contributed by atoms with Crippen LogP contribution in [0, 0.1) is 0 Å². The fraction of sp³-hybridized carbons (Fsp3) is 0.917. The van der Waals surface area contributed by atoms with Gasteiger partial charge in [-0.2, -0.15) is 0 Å². The van der Waals surface area contributed by atoms with Crippen LogP contribution in [0.25, 0.3) is 0 Å². The largest absolute Gasteiger partial charge is 0.395 e. The molecule has 94 valence electrons. The number of carbonyl (C=O) groups is 1. The van der Waals surface area contributed by atoms with E-state index in [-0.39, 0.29) is 6.61 Å². The lowest BCUT2D eigenvalue weighted by Crippen LogP contribution is -2.47. The van der Waals surface area contributed by atoms with Crippen LogP contribution >= 0.6 is 0 Å². The summed E-state index contributed by atoms with van der Waals surface area (Å²) in [5, 5.41) is 8.82. The zero-order chi connectivity index (χ0) is 11.8. The Balaban J connectivity index is 2.06. The monoisotopic (exact) mass is 228 g/mol. The molecule has 1 fully saturated rings. The minimum Gasteiger partial charge on any atom is -0.395 e. The van der Waals surface area contributed by atoms with E-state index in [0.29, 0.717) is 12.2 Å². The number of β-amino-alcohol motifs (C(OH)–C–C–N with tert-alkyl or cyclic N) is 1. The highest BCUT2D eigenvalue weighted by molar-refractivity contribution is 5.77. The molecule has 0 aromatic carbocycles. The van der Waals surface area contributed by atoms with E-state index in [1.165, 1.54) is 0 Å². The van der Waals surface area contributed by atoms with E-state index in [1.54, 1.807) is 0 Å². The topological polar surface area (TPSA) is 43.8 Å². The van der Waals surface area contributed by atoms with E-state index in [4.69, 9.17) is 5.11 Å². The number of aliphatic hydroxyl groups excluding tert-OH is 1. The standard InChI is InChI=1S/C12H24N2O2/c1-2-12(16)4-3-5-13-6-8-14(9-7-13)10-11-15/h15H,2-11H2,1H3. The van der Waals surface area contributed by atoms with Gasteiger partial charge in [0.2, 0.25) is 0 Å². The van der Waals surface area contributed by atoms with E-state index >= 15 is 0 Å². The van der Waals surface area contributed by atoms with Crippen LogP contribution in [-0.2, 0) is 4.79 Å². The molecule has 0 spiro atoms. The molecule has 0 aliphatic carbocycles. The second-order valence-electron chi connectivity index (χ2n) is 4.40. The molecule has 1 aliphatic rings. The van der Waals surface area contributed by atoms with Gasteiger partial charge in [-0.1, -0.05) is 6.92 Å². The molecule has 4 nitrogen and oxygen atoms in total. The van der Waals surface area contributed by atoms with Crippen molar-refractivity contribution in [1.29, 1.82) is 0 Å². The number of hydrogen-bond acceptors (Lipinski definition) is 4. The fourth-order valence-corrected chi connectivity index (χ4v) is 2.05. The van der Waals surface area contributed by atoms with Crippen molar-refractivity contribution in [3.63, 3.8) is 0 Å². The Kier molecular flexibility index (Phi) is 6.61. The van der Waals surface area contributed by atoms with Gasteiger partial charge in [0.1, 0.15) is 5.78 Å². The van der Waals surface area contributed by atoms with Gasteiger partial charge in [0.05, 0.1) is 6.61 Å². The maximum atomic E-state index is 11.1. The van der Waals surface area contributed by atoms with Crippen LogP contribution in [0.2, 0.25) is 0 Å². The fourth-order valence-electron chi connectivity index (χ4n) is 2.05. The normalized spacial score (nSPS) is 18.9. The number of Topliss-reactive ketones (excluding diaryl/α,β-unsaturated/α-hetero) is 1. The van der Waals surface area contributed by atoms with Crippen molar-refractivity contribution in [3.05, 3.63) is 0 Å². The Morgan fingerprint density at radius 3 is 2.19 bits per heavy atom. The van der Waals surface area contributed by atoms with Gasteiger partial charge in [-0.25, -0.2) is 0 Å². The van der Waals surface area contributed by atoms with Crippen molar-refractivity contribution >= 4 is 5.78 Å². The van der Waals surface area contributed by atoms with Crippen LogP contribution in [-0.4, -0.2) is 66.6 Å². The van der Waals surface area contributed by atoms with Crippen molar-refractivity contribution < 1.29 is 9.90 Å². The van der Waals surface area contributed by atoms with Gasteiger partial charge >= 0.3 is 0 Å². The van der Waals surface area contributed by atoms with Crippen molar-refractivity contribution in [2.75, 3.05) is 45.9 Å². The lowest BCUT2D eigenvalue weighted by Gasteiger charge is -2.34. The minimum absolute atomic E-state index is 0.255. The number of ketones is 1. The lowest BCUT2D eigenvalue weighted by molar-refractivity contribution is -0.118. The van der Waals surface area contributed by atoms with E-state index in [2.05, 4.69) is 9.80 Å². The lowest BCUT2D eigenvalue weighted by atomic mass is 10.1. The second kappa shape index (κ2) is 7.76. The first-order valence-corrected chi connectivity index (χ1v) is 6.33. The maximum absolute atomic E-state index is 11.1. The Labute approximate surface area is 98.2 Å². The Morgan fingerprint density at radius 1 is 1.12 bits per heavy atom. The zero-order valence-corrected chi connectivity index (χ0v) is 10.3. The molecule has 16 heavy (non-hydrogen) atoms. The van der Waals surface area contributed by atoms with Crippen LogP contribution < -0.4 is 0 Å². The summed E-state index contributed by atoms with van der Waals surface area (Å²) in [6.45, 7) is 8.24. The smallest absolute Gasteiger partial charge is 0.132 e. The Bertz CT molecular complexity index is 201. The van der Waals surface area contributed by atoms with Gasteiger partial charge in [-0.3, -0.25) is 9.69 Å². The van der Waals surface area contributed by atoms with Crippen molar-refractivity contribution in [2.24, 2.45) is 0 Å². The predicted molar refractivity (Wildman–Crippen MR) is 64.5 cm³/mol. The van der Waals surface area contributed by atoms with Crippen LogP contribution in [0.15, 0.2) is 0 Å². The van der Waals surface area contributed by atoms with Gasteiger partial charge in [-0.15, -0.1) is 0 Å². The first-order chi connectivity index (χ1) is 7.76. The predicted octanol–water partition coefficient (Wildman–Crippen LogP) is 0.356. The van der Waals surface area contributed by atoms with E-state index in [0.717, 1.165) is 52.1 Å². The quantitative estimate of drug-likeness (QED) is 0.683. The maximum Gasteiger partial charge on any atom is 0.132 e. The number of piperazine rings is 1. The second-order valence-corrected chi connectivity index (χ2v) is 4.40. The molecule has 1 N–H and O–H groups in total. The van der Waals surface area contributed by atoms with E-state index < -0.39 is 0 Å². The average molecular weight is 228 g/mol. The highest BCUT2D eigenvalue weighted by Gasteiger charge is 2.15. The average Bonchev–Trinajstić information content (AvgIpc) is 2.31. The van der Waals surface area contributed by atoms with Crippen LogP contribution in [0.4, 0.5) is 0 Å². The number of nitrogens with zero attached hydrogens (tertiary/aromatic N) is 2. The Hall–Kier alpha value is -0.450. The summed E-state index contributed by atoms with van der Waals surface area (Å²) < 4.78 is 0. The highest BCUT2D eigenvalue weighted by atomic mass is 16.3. The molecule has 1 aliphatic heterocycles. The summed E-state index contributed by atoms with van der Waals surface area (Å²) in [6.07, 6.45) is 2.39. The molecule has 0 atom stereocenters. The summed E-state index contributed by atoms with van der Waals surface area (Å²) in [6, 6.07) is 0. The van der Waals surface area contributed by atoms with Crippen molar-refractivity contribution in [3.8, 4) is 0 Å². The minimum atomic E-state index is 0.255. The number of hydrogen-bond donors (Lipinski definition) is 1. The van der Waals surface area contributed by atoms with Crippen molar-refractivity contribution in [1.82, 2.24) is 9.80 Å². The molecule has 0 saturated carbocycles. The zero-order valence-electron chi connectivity index (χ0n) is 10.3. The number of aliphatic hydroxyl groups is 1. The first-order valence-electron chi connectivity index (χ1n) is 6.33. The van der Waals surface area contributed by atoms with Crippen LogP contribution in [0.3, 0.4) is 0 Å². The third kappa shape index (κ3) is 5.05. The van der Waals surface area contributed by atoms with Gasteiger partial charge in [-0.05, 0) is 13.0 Å². The van der Waals surface area contributed by atoms with Crippen LogP contribution in [0.5, 0.6) is 0 Å². The van der Waals surface area contributed by atoms with Gasteiger partial charge in [0, 0.05) is 45.6 Å². The van der Waals surface area contributed by atoms with Crippen LogP contribution in [0.1, 0.15) is 26.2 Å². The van der Waals surface area contributed by atoms with E-state index in [9.17, 15) is 4.79 Å². The molecule has 0 aromatic rings. The molecular formula is C12H24N2O2. The Morgan fingerprint density at radius 2 is 1.69 bits per heavy atom. The molecule has 0 unspecified atom stereocenters. The molecule has 1 rings (SSSR count). The molecular weight excluding hydrogens is 204 g/mol. The molecule has 0 radical (unpaired) electrons. The summed E-state index contributed by atoms with van der Waals surface area (Å²) in [5.74, 6) is 0.374. The van der Waals surface area contributed by atoms with Crippen molar-refractivity contribution in [2.45, 2.75) is 26.2 Å². The molecule has 0 aromatic heterocycles. The number of carbonyl (C=O) groups excluding carboxylic acids is 1. The van der Waals surface area contributed by atoms with E-state index in [1.807, 2.05) is 6.92 Å². The molecule has 1 heterocycles. The summed E-state index contributed by atoms with van der Waals surface area (Å²) >= 11 is 0.